The number of nitrogens with zero attached hydrogens (tertiary/aromatic N) is 3. The normalized spacial score (nSPS) is 10.8. The predicted molar refractivity (Wildman–Crippen MR) is 109 cm³/mol. The molecule has 0 aliphatic carbocycles. The van der Waals surface area contributed by atoms with Crippen LogP contribution in [0.3, 0.4) is 0 Å². The van der Waals surface area contributed by atoms with Crippen molar-refractivity contribution in [3.63, 3.8) is 0 Å². The number of imidazole rings is 1. The number of ether oxygens (including phenoxy) is 1. The van der Waals surface area contributed by atoms with Gasteiger partial charge in [-0.25, -0.2) is 4.98 Å². The molecule has 1 amide bonds. The summed E-state index contributed by atoms with van der Waals surface area (Å²) in [5, 5.41) is 2.92. The van der Waals surface area contributed by atoms with Crippen molar-refractivity contribution in [2.45, 2.75) is 13.8 Å². The molecule has 0 spiro atoms. The molecule has 2 aromatic heterocycles. The number of hydrogen-bond donors (Lipinski definition) is 1. The summed E-state index contributed by atoms with van der Waals surface area (Å²) >= 11 is 0. The van der Waals surface area contributed by atoms with Crippen LogP contribution in [-0.2, 0) is 0 Å². The van der Waals surface area contributed by atoms with Gasteiger partial charge in [-0.1, -0.05) is 0 Å². The Bertz CT molecular complexity index is 1160. The first kappa shape index (κ1) is 17.7. The second-order valence-corrected chi connectivity index (χ2v) is 6.54. The number of carbonyl (C=O) groups is 1. The highest BCUT2D eigenvalue weighted by Gasteiger charge is 2.12. The minimum absolute atomic E-state index is 0.172. The second-order valence-electron chi connectivity index (χ2n) is 6.54. The van der Waals surface area contributed by atoms with Crippen molar-refractivity contribution < 1.29 is 9.53 Å². The quantitative estimate of drug-likeness (QED) is 0.580. The van der Waals surface area contributed by atoms with Crippen LogP contribution in [0, 0.1) is 13.8 Å². The molecular weight excluding hydrogens is 352 g/mol. The molecule has 6 nitrogen and oxygen atoms in total. The highest BCUT2D eigenvalue weighted by Crippen LogP contribution is 2.25. The van der Waals surface area contributed by atoms with Gasteiger partial charge in [-0.3, -0.25) is 14.3 Å². The summed E-state index contributed by atoms with van der Waals surface area (Å²) in [6.45, 7) is 3.86. The van der Waals surface area contributed by atoms with E-state index in [4.69, 9.17) is 4.74 Å². The van der Waals surface area contributed by atoms with Crippen LogP contribution in [0.15, 0.2) is 60.9 Å². The topological polar surface area (TPSA) is 69.0 Å². The van der Waals surface area contributed by atoms with E-state index in [1.54, 1.807) is 19.5 Å². The summed E-state index contributed by atoms with van der Waals surface area (Å²) in [5.74, 6) is 1.49. The van der Waals surface area contributed by atoms with Crippen molar-refractivity contribution in [2.75, 3.05) is 12.4 Å². The van der Waals surface area contributed by atoms with Crippen LogP contribution in [0.4, 0.5) is 5.69 Å². The Morgan fingerprint density at radius 3 is 2.57 bits per heavy atom. The van der Waals surface area contributed by atoms with E-state index in [-0.39, 0.29) is 5.91 Å². The lowest BCUT2D eigenvalue weighted by molar-refractivity contribution is 0.102. The van der Waals surface area contributed by atoms with Gasteiger partial charge in [0.25, 0.3) is 5.91 Å². The van der Waals surface area contributed by atoms with Crippen molar-refractivity contribution in [3.05, 3.63) is 77.9 Å². The standard InChI is InChI=1S/C22H20N4O2/c1-14-10-11-23-13-19(14)22(27)25-16-4-6-17(7-5-16)26-15(2)24-20-12-18(28-3)8-9-21(20)26/h4-13H,1-3H3,(H,25,27). The number of methoxy groups -OCH3 is 1. The smallest absolute Gasteiger partial charge is 0.257 e. The van der Waals surface area contributed by atoms with E-state index >= 15 is 0 Å². The van der Waals surface area contributed by atoms with Crippen molar-refractivity contribution in [1.29, 1.82) is 0 Å². The van der Waals surface area contributed by atoms with Gasteiger partial charge in [0.15, 0.2) is 0 Å². The maximum Gasteiger partial charge on any atom is 0.257 e. The fourth-order valence-electron chi connectivity index (χ4n) is 3.23. The average molecular weight is 372 g/mol. The van der Waals surface area contributed by atoms with Gasteiger partial charge in [-0.15, -0.1) is 0 Å². The van der Waals surface area contributed by atoms with Gasteiger partial charge in [-0.05, 0) is 61.9 Å². The van der Waals surface area contributed by atoms with Crippen LogP contribution in [-0.4, -0.2) is 27.6 Å². The number of carbonyl (C=O) groups excluding carboxylic acids is 1. The molecule has 0 saturated heterocycles. The zero-order valence-corrected chi connectivity index (χ0v) is 15.9. The van der Waals surface area contributed by atoms with Gasteiger partial charge in [0.2, 0.25) is 0 Å². The number of benzene rings is 2. The van der Waals surface area contributed by atoms with Gasteiger partial charge in [0.05, 0.1) is 23.7 Å². The van der Waals surface area contributed by atoms with Crippen molar-refractivity contribution >= 4 is 22.6 Å². The summed E-state index contributed by atoms with van der Waals surface area (Å²) in [6.07, 6.45) is 3.25. The number of pyridine rings is 1. The molecule has 0 aliphatic heterocycles. The second kappa shape index (κ2) is 7.15. The molecular formula is C22H20N4O2. The van der Waals surface area contributed by atoms with Gasteiger partial charge in [0, 0.05) is 29.8 Å². The summed E-state index contributed by atoms with van der Waals surface area (Å²) < 4.78 is 7.36. The van der Waals surface area contributed by atoms with Crippen LogP contribution < -0.4 is 10.1 Å². The van der Waals surface area contributed by atoms with E-state index in [0.29, 0.717) is 5.56 Å². The van der Waals surface area contributed by atoms with E-state index < -0.39 is 0 Å². The fraction of sp³-hybridized carbons (Fsp3) is 0.136. The Hall–Kier alpha value is -3.67. The molecule has 6 heteroatoms. The van der Waals surface area contributed by atoms with Crippen LogP contribution in [0.2, 0.25) is 0 Å². The van der Waals surface area contributed by atoms with E-state index in [9.17, 15) is 4.79 Å². The molecule has 0 radical (unpaired) electrons. The van der Waals surface area contributed by atoms with Gasteiger partial charge >= 0.3 is 0 Å². The molecule has 0 atom stereocenters. The Balaban J connectivity index is 1.62. The van der Waals surface area contributed by atoms with Crippen LogP contribution in [0.25, 0.3) is 16.7 Å². The largest absolute Gasteiger partial charge is 0.497 e. The van der Waals surface area contributed by atoms with Gasteiger partial charge in [0.1, 0.15) is 11.6 Å². The van der Waals surface area contributed by atoms with E-state index in [1.165, 1.54) is 0 Å². The van der Waals surface area contributed by atoms with Crippen LogP contribution >= 0.6 is 0 Å². The molecule has 0 unspecified atom stereocenters. The van der Waals surface area contributed by atoms with E-state index in [1.807, 2.05) is 62.4 Å². The number of nitrogens with one attached hydrogen (secondary N) is 1. The first-order valence-electron chi connectivity index (χ1n) is 8.92. The summed E-state index contributed by atoms with van der Waals surface area (Å²) in [6, 6.07) is 15.3. The first-order valence-corrected chi connectivity index (χ1v) is 8.92. The monoisotopic (exact) mass is 372 g/mol. The zero-order chi connectivity index (χ0) is 19.7. The van der Waals surface area contributed by atoms with Gasteiger partial charge < -0.3 is 10.1 Å². The first-order chi connectivity index (χ1) is 13.6. The maximum absolute atomic E-state index is 12.5. The lowest BCUT2D eigenvalue weighted by atomic mass is 10.1. The van der Waals surface area contributed by atoms with Crippen molar-refractivity contribution in [2.24, 2.45) is 0 Å². The Labute approximate surface area is 162 Å². The molecule has 0 aliphatic rings. The summed E-state index contributed by atoms with van der Waals surface area (Å²) in [4.78, 5) is 21.1. The van der Waals surface area contributed by atoms with Crippen LogP contribution in [0.1, 0.15) is 21.7 Å². The minimum Gasteiger partial charge on any atom is -0.497 e. The number of rotatable bonds is 4. The Morgan fingerprint density at radius 1 is 1.07 bits per heavy atom. The molecule has 4 aromatic rings. The SMILES string of the molecule is COc1ccc2c(c1)nc(C)n2-c1ccc(NC(=O)c2cnccc2C)cc1. The third-order valence-corrected chi connectivity index (χ3v) is 4.70. The third kappa shape index (κ3) is 3.20. The zero-order valence-electron chi connectivity index (χ0n) is 15.9. The summed E-state index contributed by atoms with van der Waals surface area (Å²) in [5.41, 5.74) is 5.03. The number of anilines is 1. The molecule has 4 rings (SSSR count). The number of fused-ring (bicyclic) bond motifs is 1. The average Bonchev–Trinajstić information content (AvgIpc) is 3.03. The maximum atomic E-state index is 12.5. The lowest BCUT2D eigenvalue weighted by Crippen LogP contribution is -2.13. The van der Waals surface area contributed by atoms with Crippen LogP contribution in [0.5, 0.6) is 5.75 Å². The van der Waals surface area contributed by atoms with E-state index in [0.717, 1.165) is 39.5 Å². The number of amides is 1. The highest BCUT2D eigenvalue weighted by molar-refractivity contribution is 6.05. The highest BCUT2D eigenvalue weighted by atomic mass is 16.5. The molecule has 0 saturated carbocycles. The molecule has 0 fully saturated rings. The third-order valence-electron chi connectivity index (χ3n) is 4.70. The predicted octanol–water partition coefficient (Wildman–Crippen LogP) is 4.30. The number of aryl methyl sites for hydroxylation is 2. The fourth-order valence-corrected chi connectivity index (χ4v) is 3.23. The minimum atomic E-state index is -0.172. The number of aromatic nitrogens is 3. The van der Waals surface area contributed by atoms with Crippen molar-refractivity contribution in [3.8, 4) is 11.4 Å². The lowest BCUT2D eigenvalue weighted by Gasteiger charge is -2.10. The Kier molecular flexibility index (Phi) is 4.53. The number of hydrogen-bond acceptors (Lipinski definition) is 4. The molecule has 2 aromatic carbocycles. The Morgan fingerprint density at radius 2 is 1.86 bits per heavy atom. The molecule has 1 N–H and O–H groups in total. The summed E-state index contributed by atoms with van der Waals surface area (Å²) in [7, 11) is 1.64. The van der Waals surface area contributed by atoms with E-state index in [2.05, 4.69) is 19.9 Å². The molecule has 28 heavy (non-hydrogen) atoms. The molecule has 140 valence electrons. The van der Waals surface area contributed by atoms with Crippen molar-refractivity contribution in [1.82, 2.24) is 14.5 Å². The van der Waals surface area contributed by atoms with Gasteiger partial charge in [-0.2, -0.15) is 0 Å². The molecule has 2 heterocycles. The molecule has 0 bridgehead atoms.